The van der Waals surface area contributed by atoms with Crippen molar-refractivity contribution in [2.75, 3.05) is 5.32 Å². The Kier molecular flexibility index (Phi) is 3.87. The highest BCUT2D eigenvalue weighted by atomic mass is 35.5. The fraction of sp³-hybridized carbons (Fsp3) is 0.308. The van der Waals surface area contributed by atoms with Gasteiger partial charge in [0.25, 0.3) is 0 Å². The third-order valence-corrected chi connectivity index (χ3v) is 3.05. The van der Waals surface area contributed by atoms with Crippen LogP contribution >= 0.6 is 11.6 Å². The predicted octanol–water partition coefficient (Wildman–Crippen LogP) is 3.62. The van der Waals surface area contributed by atoms with Gasteiger partial charge in [0, 0.05) is 24.8 Å². The van der Waals surface area contributed by atoms with Crippen molar-refractivity contribution in [2.45, 2.75) is 26.9 Å². The number of aryl methyl sites for hydroxylation is 2. The smallest absolute Gasteiger partial charge is 0.127 e. The maximum absolute atomic E-state index is 13.2. The molecule has 3 nitrogen and oxygen atoms in total. The topological polar surface area (TPSA) is 29.9 Å². The third kappa shape index (κ3) is 2.82. The van der Waals surface area contributed by atoms with E-state index in [1.807, 2.05) is 17.8 Å². The van der Waals surface area contributed by atoms with Crippen LogP contribution in [0.2, 0.25) is 5.02 Å². The Labute approximate surface area is 111 Å². The summed E-state index contributed by atoms with van der Waals surface area (Å²) >= 11 is 5.98. The molecule has 0 bridgehead atoms. The molecule has 0 spiro atoms. The highest BCUT2D eigenvalue weighted by Crippen LogP contribution is 2.25. The van der Waals surface area contributed by atoms with Crippen LogP contribution in [0.25, 0.3) is 0 Å². The monoisotopic (exact) mass is 267 g/mol. The predicted molar refractivity (Wildman–Crippen MR) is 71.4 cm³/mol. The maximum atomic E-state index is 13.2. The molecular formula is C13H15ClFN3. The average Bonchev–Trinajstić information content (AvgIpc) is 2.80. The molecular weight excluding hydrogens is 253 g/mol. The molecule has 0 aliphatic rings. The van der Waals surface area contributed by atoms with Gasteiger partial charge in [0.05, 0.1) is 16.9 Å². The first kappa shape index (κ1) is 12.9. The molecule has 0 saturated heterocycles. The first-order chi connectivity index (χ1) is 8.60. The Morgan fingerprint density at radius 3 is 2.89 bits per heavy atom. The lowest BCUT2D eigenvalue weighted by Gasteiger charge is -2.08. The molecule has 0 unspecified atom stereocenters. The summed E-state index contributed by atoms with van der Waals surface area (Å²) in [4.78, 5) is 0. The van der Waals surface area contributed by atoms with Gasteiger partial charge in [-0.1, -0.05) is 11.6 Å². The van der Waals surface area contributed by atoms with Gasteiger partial charge >= 0.3 is 0 Å². The largest absolute Gasteiger partial charge is 0.380 e. The van der Waals surface area contributed by atoms with Crippen molar-refractivity contribution in [1.29, 1.82) is 0 Å². The molecule has 0 atom stereocenters. The lowest BCUT2D eigenvalue weighted by atomic mass is 10.2. The zero-order chi connectivity index (χ0) is 13.1. The first-order valence-corrected chi connectivity index (χ1v) is 6.18. The fourth-order valence-electron chi connectivity index (χ4n) is 1.66. The minimum absolute atomic E-state index is 0.288. The second-order valence-corrected chi connectivity index (χ2v) is 4.55. The number of nitrogens with one attached hydrogen (secondary N) is 1. The van der Waals surface area contributed by atoms with E-state index in [0.29, 0.717) is 17.1 Å². The molecule has 0 aliphatic heterocycles. The minimum atomic E-state index is -0.288. The van der Waals surface area contributed by atoms with E-state index in [-0.39, 0.29) is 5.82 Å². The highest BCUT2D eigenvalue weighted by Gasteiger charge is 2.06. The zero-order valence-corrected chi connectivity index (χ0v) is 11.1. The number of halogens is 2. The van der Waals surface area contributed by atoms with Crippen molar-refractivity contribution in [3.8, 4) is 0 Å². The molecule has 0 radical (unpaired) electrons. The Morgan fingerprint density at radius 1 is 1.44 bits per heavy atom. The summed E-state index contributed by atoms with van der Waals surface area (Å²) in [6, 6.07) is 3.04. The number of benzene rings is 1. The second kappa shape index (κ2) is 5.40. The number of hydrogen-bond donors (Lipinski definition) is 1. The number of rotatable bonds is 4. The molecule has 1 aromatic heterocycles. The van der Waals surface area contributed by atoms with Crippen LogP contribution in [-0.2, 0) is 13.1 Å². The van der Waals surface area contributed by atoms with E-state index in [2.05, 4.69) is 10.4 Å². The van der Waals surface area contributed by atoms with Crippen LogP contribution in [0.4, 0.5) is 10.1 Å². The van der Waals surface area contributed by atoms with E-state index < -0.39 is 0 Å². The number of aromatic nitrogens is 2. The second-order valence-electron chi connectivity index (χ2n) is 4.14. The van der Waals surface area contributed by atoms with Gasteiger partial charge in [-0.25, -0.2) is 4.39 Å². The summed E-state index contributed by atoms with van der Waals surface area (Å²) in [5.41, 5.74) is 2.38. The summed E-state index contributed by atoms with van der Waals surface area (Å²) in [5.74, 6) is -0.288. The molecule has 2 aromatic rings. The molecule has 18 heavy (non-hydrogen) atoms. The van der Waals surface area contributed by atoms with Gasteiger partial charge in [0.1, 0.15) is 5.82 Å². The van der Waals surface area contributed by atoms with Crippen molar-refractivity contribution in [2.24, 2.45) is 0 Å². The average molecular weight is 268 g/mol. The summed E-state index contributed by atoms with van der Waals surface area (Å²) in [5, 5.41) is 7.76. The fourth-order valence-corrected chi connectivity index (χ4v) is 1.88. The van der Waals surface area contributed by atoms with Crippen LogP contribution in [0.5, 0.6) is 0 Å². The van der Waals surface area contributed by atoms with Gasteiger partial charge in [0.15, 0.2) is 0 Å². The van der Waals surface area contributed by atoms with Crippen LogP contribution in [0.15, 0.2) is 24.5 Å². The Hall–Kier alpha value is -1.55. The van der Waals surface area contributed by atoms with Crippen molar-refractivity contribution in [1.82, 2.24) is 9.78 Å². The van der Waals surface area contributed by atoms with Crippen LogP contribution < -0.4 is 5.32 Å². The van der Waals surface area contributed by atoms with E-state index in [1.54, 1.807) is 19.2 Å². The van der Waals surface area contributed by atoms with Gasteiger partial charge in [-0.15, -0.1) is 0 Å². The number of nitrogens with zero attached hydrogens (tertiary/aromatic N) is 2. The van der Waals surface area contributed by atoms with E-state index in [9.17, 15) is 4.39 Å². The zero-order valence-electron chi connectivity index (χ0n) is 10.4. The van der Waals surface area contributed by atoms with Crippen LogP contribution in [0.1, 0.15) is 18.1 Å². The standard InChI is InChI=1S/C13H15ClFN3/c1-3-18-8-10(7-17-18)6-16-13-4-9(2)12(15)5-11(13)14/h4-5,7-8,16H,3,6H2,1-2H3. The minimum Gasteiger partial charge on any atom is -0.380 e. The molecule has 0 aliphatic carbocycles. The van der Waals surface area contributed by atoms with Crippen LogP contribution in [0.3, 0.4) is 0 Å². The highest BCUT2D eigenvalue weighted by molar-refractivity contribution is 6.33. The Bertz CT molecular complexity index is 551. The van der Waals surface area contributed by atoms with Crippen molar-refractivity contribution < 1.29 is 4.39 Å². The Morgan fingerprint density at radius 2 is 2.22 bits per heavy atom. The van der Waals surface area contributed by atoms with Gasteiger partial charge < -0.3 is 5.32 Å². The molecule has 96 valence electrons. The van der Waals surface area contributed by atoms with Crippen molar-refractivity contribution in [3.05, 3.63) is 46.5 Å². The molecule has 5 heteroatoms. The molecule has 0 fully saturated rings. The van der Waals surface area contributed by atoms with E-state index in [4.69, 9.17) is 11.6 Å². The number of hydrogen-bond acceptors (Lipinski definition) is 2. The van der Waals surface area contributed by atoms with Crippen LogP contribution in [0, 0.1) is 12.7 Å². The lowest BCUT2D eigenvalue weighted by Crippen LogP contribution is -2.00. The van der Waals surface area contributed by atoms with Gasteiger partial charge in [-0.3, -0.25) is 4.68 Å². The third-order valence-electron chi connectivity index (χ3n) is 2.74. The molecule has 1 heterocycles. The van der Waals surface area contributed by atoms with Crippen molar-refractivity contribution >= 4 is 17.3 Å². The van der Waals surface area contributed by atoms with Crippen molar-refractivity contribution in [3.63, 3.8) is 0 Å². The van der Waals surface area contributed by atoms with Crippen LogP contribution in [-0.4, -0.2) is 9.78 Å². The normalized spacial score (nSPS) is 10.7. The summed E-state index contributed by atoms with van der Waals surface area (Å²) in [7, 11) is 0. The summed E-state index contributed by atoms with van der Waals surface area (Å²) in [6.07, 6.45) is 3.78. The molecule has 2 rings (SSSR count). The quantitative estimate of drug-likeness (QED) is 0.917. The Balaban J connectivity index is 2.08. The van der Waals surface area contributed by atoms with Gasteiger partial charge in [0.2, 0.25) is 0 Å². The number of anilines is 1. The lowest BCUT2D eigenvalue weighted by molar-refractivity contribution is 0.619. The molecule has 0 saturated carbocycles. The van der Waals surface area contributed by atoms with E-state index in [1.165, 1.54) is 6.07 Å². The maximum Gasteiger partial charge on any atom is 0.127 e. The SMILES string of the molecule is CCn1cc(CNc2cc(C)c(F)cc2Cl)cn1. The molecule has 1 N–H and O–H groups in total. The first-order valence-electron chi connectivity index (χ1n) is 5.81. The van der Waals surface area contributed by atoms with Gasteiger partial charge in [-0.05, 0) is 31.5 Å². The van der Waals surface area contributed by atoms with E-state index in [0.717, 1.165) is 17.8 Å². The van der Waals surface area contributed by atoms with Gasteiger partial charge in [-0.2, -0.15) is 5.10 Å². The van der Waals surface area contributed by atoms with E-state index >= 15 is 0 Å². The summed E-state index contributed by atoms with van der Waals surface area (Å²) < 4.78 is 15.1. The molecule has 0 amide bonds. The molecule has 1 aromatic carbocycles. The summed E-state index contributed by atoms with van der Waals surface area (Å²) in [6.45, 7) is 5.21.